The predicted molar refractivity (Wildman–Crippen MR) is 109 cm³/mol. The number of rotatable bonds is 4. The maximum atomic E-state index is 12.8. The van der Waals surface area contributed by atoms with Crippen LogP contribution in [-0.4, -0.2) is 59.4 Å². The summed E-state index contributed by atoms with van der Waals surface area (Å²) in [4.78, 5) is 15.4. The van der Waals surface area contributed by atoms with Crippen molar-refractivity contribution in [3.8, 4) is 0 Å². The third-order valence-electron chi connectivity index (χ3n) is 5.81. The van der Waals surface area contributed by atoms with Crippen LogP contribution in [0, 0.1) is 3.70 Å². The average Bonchev–Trinajstić information content (AvgIpc) is 3.08. The van der Waals surface area contributed by atoms with E-state index in [1.54, 1.807) is 0 Å². The molecule has 7 heteroatoms. The lowest BCUT2D eigenvalue weighted by molar-refractivity contribution is -0.0361. The van der Waals surface area contributed by atoms with Gasteiger partial charge in [-0.3, -0.25) is 14.8 Å². The third-order valence-corrected chi connectivity index (χ3v) is 6.64. The van der Waals surface area contributed by atoms with Crippen molar-refractivity contribution in [2.45, 2.75) is 37.6 Å². The van der Waals surface area contributed by atoms with Gasteiger partial charge in [-0.1, -0.05) is 19.3 Å². The van der Waals surface area contributed by atoms with Gasteiger partial charge in [0, 0.05) is 36.1 Å². The number of fused-ring (bicyclic) bond motifs is 1. The lowest BCUT2D eigenvalue weighted by Gasteiger charge is -2.48. The molecule has 26 heavy (non-hydrogen) atoms. The predicted octanol–water partition coefficient (Wildman–Crippen LogP) is 2.93. The van der Waals surface area contributed by atoms with Crippen molar-refractivity contribution in [2.24, 2.45) is 0 Å². The summed E-state index contributed by atoms with van der Waals surface area (Å²) in [6.07, 6.45) is 6.10. The molecule has 1 amide bonds. The molecule has 1 saturated heterocycles. The highest BCUT2D eigenvalue weighted by Crippen LogP contribution is 2.34. The maximum Gasteiger partial charge on any atom is 0.251 e. The normalized spacial score (nSPS) is 21.0. The van der Waals surface area contributed by atoms with Gasteiger partial charge in [0.05, 0.1) is 18.7 Å². The number of hydrogen-bond acceptors (Lipinski definition) is 4. The molecule has 1 aromatic carbocycles. The van der Waals surface area contributed by atoms with Crippen LogP contribution in [-0.2, 0) is 4.74 Å². The summed E-state index contributed by atoms with van der Waals surface area (Å²) in [5.74, 6) is 0.00195. The minimum Gasteiger partial charge on any atom is -0.379 e. The second kappa shape index (κ2) is 7.82. The number of benzene rings is 1. The van der Waals surface area contributed by atoms with Gasteiger partial charge < -0.3 is 10.1 Å². The molecule has 2 N–H and O–H groups in total. The van der Waals surface area contributed by atoms with Crippen molar-refractivity contribution in [3.63, 3.8) is 0 Å². The van der Waals surface area contributed by atoms with Crippen molar-refractivity contribution >= 4 is 39.4 Å². The van der Waals surface area contributed by atoms with E-state index in [2.05, 4.69) is 43.0 Å². The topological polar surface area (TPSA) is 70.2 Å². The minimum absolute atomic E-state index is 0.00195. The van der Waals surface area contributed by atoms with E-state index in [4.69, 9.17) is 4.74 Å². The first kappa shape index (κ1) is 18.2. The summed E-state index contributed by atoms with van der Waals surface area (Å²) in [5, 5.41) is 11.4. The Labute approximate surface area is 167 Å². The number of aromatic amines is 1. The zero-order chi connectivity index (χ0) is 18.0. The lowest BCUT2D eigenvalue weighted by Crippen LogP contribution is -2.59. The van der Waals surface area contributed by atoms with Gasteiger partial charge in [0.25, 0.3) is 5.91 Å². The molecule has 0 spiro atoms. The molecular weight excluding hydrogens is 443 g/mol. The van der Waals surface area contributed by atoms with E-state index >= 15 is 0 Å². The van der Waals surface area contributed by atoms with Crippen molar-refractivity contribution < 1.29 is 9.53 Å². The molecule has 6 nitrogen and oxygen atoms in total. The standard InChI is InChI=1S/C19H25IN4O2/c20-17-15-12-14(4-5-16(15)22-23-17)18(25)21-13-19(6-2-1-3-7-19)24-8-10-26-11-9-24/h4-5,12H,1-3,6-11,13H2,(H,21,25)(H,22,23). The molecule has 0 unspecified atom stereocenters. The van der Waals surface area contributed by atoms with E-state index < -0.39 is 0 Å². The third kappa shape index (κ3) is 3.61. The van der Waals surface area contributed by atoms with E-state index in [0.29, 0.717) is 12.1 Å². The number of halogens is 1. The second-order valence-electron chi connectivity index (χ2n) is 7.34. The Balaban J connectivity index is 1.48. The molecule has 0 radical (unpaired) electrons. The summed E-state index contributed by atoms with van der Waals surface area (Å²) in [7, 11) is 0. The van der Waals surface area contributed by atoms with E-state index in [9.17, 15) is 4.79 Å². The molecular formula is C19H25IN4O2. The van der Waals surface area contributed by atoms with Gasteiger partial charge in [0.15, 0.2) is 0 Å². The highest BCUT2D eigenvalue weighted by atomic mass is 127. The van der Waals surface area contributed by atoms with Crippen molar-refractivity contribution in [2.75, 3.05) is 32.8 Å². The number of H-pyrrole nitrogens is 1. The van der Waals surface area contributed by atoms with E-state index in [1.807, 2.05) is 18.2 Å². The summed E-state index contributed by atoms with van der Waals surface area (Å²) >= 11 is 2.21. The Kier molecular flexibility index (Phi) is 5.47. The molecule has 0 bridgehead atoms. The van der Waals surface area contributed by atoms with Crippen molar-refractivity contribution in [1.82, 2.24) is 20.4 Å². The molecule has 1 saturated carbocycles. The van der Waals surface area contributed by atoms with Gasteiger partial charge >= 0.3 is 0 Å². The molecule has 140 valence electrons. The van der Waals surface area contributed by atoms with Gasteiger partial charge in [0.2, 0.25) is 0 Å². The molecule has 1 aliphatic heterocycles. The second-order valence-corrected chi connectivity index (χ2v) is 8.42. The van der Waals surface area contributed by atoms with Crippen molar-refractivity contribution in [1.29, 1.82) is 0 Å². The van der Waals surface area contributed by atoms with E-state index in [0.717, 1.165) is 53.7 Å². The highest BCUT2D eigenvalue weighted by molar-refractivity contribution is 14.1. The Morgan fingerprint density at radius 3 is 2.81 bits per heavy atom. The van der Waals surface area contributed by atoms with Crippen molar-refractivity contribution in [3.05, 3.63) is 27.5 Å². The number of carbonyl (C=O) groups excluding carboxylic acids is 1. The van der Waals surface area contributed by atoms with Gasteiger partial charge in [-0.05, 0) is 53.6 Å². The summed E-state index contributed by atoms with van der Waals surface area (Å²) in [5.41, 5.74) is 1.68. The fraction of sp³-hybridized carbons (Fsp3) is 0.579. The van der Waals surface area contributed by atoms with Gasteiger partial charge in [-0.2, -0.15) is 5.10 Å². The van der Waals surface area contributed by atoms with Gasteiger partial charge in [-0.15, -0.1) is 0 Å². The summed E-state index contributed by atoms with van der Waals surface area (Å²) in [6, 6.07) is 5.69. The van der Waals surface area contributed by atoms with E-state index in [-0.39, 0.29) is 11.4 Å². The van der Waals surface area contributed by atoms with Crippen LogP contribution in [0.2, 0.25) is 0 Å². The molecule has 4 rings (SSSR count). The molecule has 1 aromatic heterocycles. The fourth-order valence-electron chi connectivity index (χ4n) is 4.32. The lowest BCUT2D eigenvalue weighted by atomic mass is 9.79. The van der Waals surface area contributed by atoms with Crippen LogP contribution in [0.3, 0.4) is 0 Å². The first-order chi connectivity index (χ1) is 12.7. The number of ether oxygens (including phenoxy) is 1. The van der Waals surface area contributed by atoms with Crippen LogP contribution in [0.4, 0.5) is 0 Å². The number of hydrogen-bond donors (Lipinski definition) is 2. The Hall–Kier alpha value is -1.19. The zero-order valence-corrected chi connectivity index (χ0v) is 17.0. The first-order valence-electron chi connectivity index (χ1n) is 9.43. The number of nitrogens with one attached hydrogen (secondary N) is 2. The van der Waals surface area contributed by atoms with Crippen LogP contribution < -0.4 is 5.32 Å². The van der Waals surface area contributed by atoms with Gasteiger partial charge in [-0.25, -0.2) is 0 Å². The number of morpholine rings is 1. The SMILES string of the molecule is O=C(NCC1(N2CCOCC2)CCCCC1)c1ccc2n[nH]c(I)c2c1. The van der Waals surface area contributed by atoms with Crippen LogP contribution in [0.15, 0.2) is 18.2 Å². The molecule has 2 aromatic rings. The van der Waals surface area contributed by atoms with Gasteiger partial charge in [0.1, 0.15) is 3.70 Å². The highest BCUT2D eigenvalue weighted by Gasteiger charge is 2.38. The Morgan fingerprint density at radius 1 is 1.27 bits per heavy atom. The molecule has 1 aliphatic carbocycles. The molecule has 2 fully saturated rings. The largest absolute Gasteiger partial charge is 0.379 e. The fourth-order valence-corrected chi connectivity index (χ4v) is 4.87. The summed E-state index contributed by atoms with van der Waals surface area (Å²) in [6.45, 7) is 4.24. The molecule has 0 atom stereocenters. The molecule has 2 heterocycles. The van der Waals surface area contributed by atoms with Crippen LogP contribution in [0.1, 0.15) is 42.5 Å². The zero-order valence-electron chi connectivity index (χ0n) is 14.9. The maximum absolute atomic E-state index is 12.8. The average molecular weight is 468 g/mol. The smallest absolute Gasteiger partial charge is 0.251 e. The number of amides is 1. The van der Waals surface area contributed by atoms with E-state index in [1.165, 1.54) is 19.3 Å². The van der Waals surface area contributed by atoms with Crippen LogP contribution in [0.25, 0.3) is 10.9 Å². The van der Waals surface area contributed by atoms with Crippen LogP contribution >= 0.6 is 22.6 Å². The summed E-state index contributed by atoms with van der Waals surface area (Å²) < 4.78 is 6.50. The monoisotopic (exact) mass is 468 g/mol. The number of carbonyl (C=O) groups is 1. The quantitative estimate of drug-likeness (QED) is 0.678. The Morgan fingerprint density at radius 2 is 2.04 bits per heavy atom. The number of nitrogens with zero attached hydrogens (tertiary/aromatic N) is 2. The number of aromatic nitrogens is 2. The Bertz CT molecular complexity index is 779. The molecule has 2 aliphatic rings. The van der Waals surface area contributed by atoms with Crippen LogP contribution in [0.5, 0.6) is 0 Å². The minimum atomic E-state index is 0.00195. The first-order valence-corrected chi connectivity index (χ1v) is 10.5.